The molecule has 0 bridgehead atoms. The summed E-state index contributed by atoms with van der Waals surface area (Å²) in [5.41, 5.74) is 0.759. The van der Waals surface area contributed by atoms with E-state index >= 15 is 0 Å². The number of pyridine rings is 1. The fraction of sp³-hybridized carbons (Fsp3) is 0.667. The summed E-state index contributed by atoms with van der Waals surface area (Å²) in [6, 6.07) is 5.91. The van der Waals surface area contributed by atoms with Crippen molar-refractivity contribution in [3.05, 3.63) is 23.9 Å². The van der Waals surface area contributed by atoms with Gasteiger partial charge in [0.1, 0.15) is 11.9 Å². The molecule has 4 heteroatoms. The first-order valence-electron chi connectivity index (χ1n) is 7.11. The van der Waals surface area contributed by atoms with Crippen molar-refractivity contribution >= 4 is 5.82 Å². The van der Waals surface area contributed by atoms with Crippen molar-refractivity contribution in [1.29, 1.82) is 0 Å². The van der Waals surface area contributed by atoms with Crippen molar-refractivity contribution < 1.29 is 5.11 Å². The van der Waals surface area contributed by atoms with Crippen LogP contribution in [0.5, 0.6) is 0 Å². The molecule has 1 aliphatic heterocycles. The first-order valence-corrected chi connectivity index (χ1v) is 7.11. The Labute approximate surface area is 115 Å². The van der Waals surface area contributed by atoms with Gasteiger partial charge in [0.2, 0.25) is 0 Å². The molecule has 1 aromatic rings. The van der Waals surface area contributed by atoms with Crippen molar-refractivity contribution in [3.63, 3.8) is 0 Å². The second-order valence-corrected chi connectivity index (χ2v) is 6.26. The molecule has 1 aromatic heterocycles. The molecule has 0 aliphatic carbocycles. The maximum atomic E-state index is 10.2. The molecule has 1 atom stereocenters. The van der Waals surface area contributed by atoms with Crippen LogP contribution < -0.4 is 10.2 Å². The van der Waals surface area contributed by atoms with Crippen molar-refractivity contribution in [2.75, 3.05) is 24.5 Å². The molecule has 106 valence electrons. The number of nitrogens with zero attached hydrogens (tertiary/aromatic N) is 2. The molecule has 0 amide bonds. The van der Waals surface area contributed by atoms with Gasteiger partial charge in [-0.25, -0.2) is 4.98 Å². The zero-order valence-corrected chi connectivity index (χ0v) is 12.2. The van der Waals surface area contributed by atoms with Crippen LogP contribution in [0.4, 0.5) is 5.82 Å². The van der Waals surface area contributed by atoms with Gasteiger partial charge in [0.25, 0.3) is 0 Å². The number of β-amino-alcohol motifs (C(OH)–C–C–N with tert-alkyl or cyclic N) is 1. The van der Waals surface area contributed by atoms with Gasteiger partial charge in [-0.1, -0.05) is 6.07 Å². The summed E-state index contributed by atoms with van der Waals surface area (Å²) in [7, 11) is 0. The first-order chi connectivity index (χ1) is 8.96. The second-order valence-electron chi connectivity index (χ2n) is 6.26. The normalized spacial score (nSPS) is 17.8. The summed E-state index contributed by atoms with van der Waals surface area (Å²) in [6.07, 6.45) is 1.92. The molecule has 1 saturated heterocycles. The van der Waals surface area contributed by atoms with Gasteiger partial charge in [0.15, 0.2) is 0 Å². The van der Waals surface area contributed by atoms with E-state index in [4.69, 9.17) is 0 Å². The van der Waals surface area contributed by atoms with Crippen LogP contribution in [0.2, 0.25) is 0 Å². The van der Waals surface area contributed by atoms with Gasteiger partial charge in [-0.3, -0.25) is 0 Å². The molecule has 0 spiro atoms. The molecular formula is C15H25N3O. The standard InChI is InChI=1S/C15H25N3O/c1-15(2,3)16-11-13(19)12-7-6-8-14(17-12)18-9-4-5-10-18/h6-8,13,16,19H,4-5,9-11H2,1-3H3/t13-/m0/s1. The van der Waals surface area contributed by atoms with E-state index < -0.39 is 6.10 Å². The Morgan fingerprint density at radius 1 is 1.32 bits per heavy atom. The highest BCUT2D eigenvalue weighted by Gasteiger charge is 2.17. The van der Waals surface area contributed by atoms with Gasteiger partial charge in [-0.15, -0.1) is 0 Å². The molecule has 4 nitrogen and oxygen atoms in total. The van der Waals surface area contributed by atoms with E-state index in [0.29, 0.717) is 6.54 Å². The van der Waals surface area contributed by atoms with Crippen LogP contribution in [0.3, 0.4) is 0 Å². The summed E-state index contributed by atoms with van der Waals surface area (Å²) in [5.74, 6) is 0.991. The van der Waals surface area contributed by atoms with Gasteiger partial charge in [-0.2, -0.15) is 0 Å². The third kappa shape index (κ3) is 4.18. The summed E-state index contributed by atoms with van der Waals surface area (Å²) < 4.78 is 0. The molecule has 2 rings (SSSR count). The fourth-order valence-electron chi connectivity index (χ4n) is 2.25. The molecule has 1 aliphatic rings. The molecule has 0 saturated carbocycles. The first kappa shape index (κ1) is 14.3. The summed E-state index contributed by atoms with van der Waals surface area (Å²) in [4.78, 5) is 6.88. The number of aliphatic hydroxyl groups excluding tert-OH is 1. The highest BCUT2D eigenvalue weighted by atomic mass is 16.3. The molecule has 0 aromatic carbocycles. The largest absolute Gasteiger partial charge is 0.385 e. The number of nitrogens with one attached hydrogen (secondary N) is 1. The predicted molar refractivity (Wildman–Crippen MR) is 78.4 cm³/mol. The maximum absolute atomic E-state index is 10.2. The molecular weight excluding hydrogens is 238 g/mol. The van der Waals surface area contributed by atoms with Crippen LogP contribution in [-0.2, 0) is 0 Å². The van der Waals surface area contributed by atoms with Crippen LogP contribution in [-0.4, -0.2) is 35.3 Å². The Hall–Kier alpha value is -1.13. The van der Waals surface area contributed by atoms with E-state index in [1.54, 1.807) is 0 Å². The minimum absolute atomic E-state index is 0.00748. The Morgan fingerprint density at radius 3 is 2.63 bits per heavy atom. The van der Waals surface area contributed by atoms with Crippen molar-refractivity contribution in [2.45, 2.75) is 45.3 Å². The molecule has 1 fully saturated rings. The van der Waals surface area contributed by atoms with Crippen molar-refractivity contribution in [3.8, 4) is 0 Å². The average molecular weight is 263 g/mol. The van der Waals surface area contributed by atoms with Gasteiger partial charge >= 0.3 is 0 Å². The van der Waals surface area contributed by atoms with Crippen LogP contribution in [0.15, 0.2) is 18.2 Å². The lowest BCUT2D eigenvalue weighted by atomic mass is 10.1. The van der Waals surface area contributed by atoms with Gasteiger partial charge < -0.3 is 15.3 Å². The van der Waals surface area contributed by atoms with Gasteiger partial charge in [-0.05, 0) is 45.7 Å². The Bertz CT molecular complexity index is 408. The lowest BCUT2D eigenvalue weighted by molar-refractivity contribution is 0.159. The number of aliphatic hydroxyl groups is 1. The van der Waals surface area contributed by atoms with Gasteiger partial charge in [0.05, 0.1) is 5.69 Å². The molecule has 2 heterocycles. The number of hydrogen-bond acceptors (Lipinski definition) is 4. The second kappa shape index (κ2) is 5.88. The Morgan fingerprint density at radius 2 is 2.00 bits per heavy atom. The van der Waals surface area contributed by atoms with E-state index in [9.17, 15) is 5.11 Å². The lowest BCUT2D eigenvalue weighted by Gasteiger charge is -2.23. The molecule has 19 heavy (non-hydrogen) atoms. The lowest BCUT2D eigenvalue weighted by Crippen LogP contribution is -2.38. The zero-order valence-electron chi connectivity index (χ0n) is 12.2. The topological polar surface area (TPSA) is 48.4 Å². The van der Waals surface area contributed by atoms with E-state index in [-0.39, 0.29) is 5.54 Å². The summed E-state index contributed by atoms with van der Waals surface area (Å²) in [6.45, 7) is 8.95. The fourth-order valence-corrected chi connectivity index (χ4v) is 2.25. The SMILES string of the molecule is CC(C)(C)NC[C@H](O)c1cccc(N2CCCC2)n1. The minimum Gasteiger partial charge on any atom is -0.385 e. The van der Waals surface area contributed by atoms with E-state index in [2.05, 4.69) is 36.0 Å². The predicted octanol–water partition coefficient (Wildman–Crippen LogP) is 2.10. The van der Waals surface area contributed by atoms with Gasteiger partial charge in [0, 0.05) is 25.2 Å². The average Bonchev–Trinajstić information content (AvgIpc) is 2.89. The number of hydrogen-bond donors (Lipinski definition) is 2. The number of rotatable bonds is 4. The molecule has 0 radical (unpaired) electrons. The molecule has 0 unspecified atom stereocenters. The quantitative estimate of drug-likeness (QED) is 0.873. The zero-order chi connectivity index (χ0) is 13.9. The highest BCUT2D eigenvalue weighted by Crippen LogP contribution is 2.20. The van der Waals surface area contributed by atoms with Crippen LogP contribution >= 0.6 is 0 Å². The minimum atomic E-state index is -0.554. The van der Waals surface area contributed by atoms with E-state index in [0.717, 1.165) is 24.6 Å². The Kier molecular flexibility index (Phi) is 4.42. The third-order valence-corrected chi connectivity index (χ3v) is 3.35. The van der Waals surface area contributed by atoms with Crippen LogP contribution in [0, 0.1) is 0 Å². The third-order valence-electron chi connectivity index (χ3n) is 3.35. The monoisotopic (exact) mass is 263 g/mol. The van der Waals surface area contributed by atoms with E-state index in [1.165, 1.54) is 12.8 Å². The summed E-state index contributed by atoms with van der Waals surface area (Å²) in [5, 5.41) is 13.5. The van der Waals surface area contributed by atoms with Crippen molar-refractivity contribution in [1.82, 2.24) is 10.3 Å². The maximum Gasteiger partial charge on any atom is 0.128 e. The molecule has 2 N–H and O–H groups in total. The van der Waals surface area contributed by atoms with Crippen molar-refractivity contribution in [2.24, 2.45) is 0 Å². The smallest absolute Gasteiger partial charge is 0.128 e. The van der Waals surface area contributed by atoms with Crippen LogP contribution in [0.25, 0.3) is 0 Å². The highest BCUT2D eigenvalue weighted by molar-refractivity contribution is 5.40. The Balaban J connectivity index is 2.01. The number of aromatic nitrogens is 1. The summed E-state index contributed by atoms with van der Waals surface area (Å²) >= 11 is 0. The van der Waals surface area contributed by atoms with Crippen LogP contribution in [0.1, 0.15) is 45.4 Å². The number of anilines is 1. The van der Waals surface area contributed by atoms with E-state index in [1.807, 2.05) is 18.2 Å².